The summed E-state index contributed by atoms with van der Waals surface area (Å²) in [7, 11) is 1.89. The van der Waals surface area contributed by atoms with Crippen molar-refractivity contribution in [1.82, 2.24) is 24.6 Å². The van der Waals surface area contributed by atoms with Crippen LogP contribution in [-0.4, -0.2) is 56.1 Å². The summed E-state index contributed by atoms with van der Waals surface area (Å²) in [6.45, 7) is 3.61. The van der Waals surface area contributed by atoms with Crippen LogP contribution >= 0.6 is 0 Å². The molecule has 3 aromatic rings. The van der Waals surface area contributed by atoms with E-state index in [9.17, 15) is 4.79 Å². The molecule has 6 nitrogen and oxygen atoms in total. The van der Waals surface area contributed by atoms with Gasteiger partial charge in [-0.3, -0.25) is 19.4 Å². The van der Waals surface area contributed by atoms with Crippen molar-refractivity contribution in [1.29, 1.82) is 0 Å². The molecule has 6 heteroatoms. The summed E-state index contributed by atoms with van der Waals surface area (Å²) in [5.74, 6) is 0.870. The van der Waals surface area contributed by atoms with Crippen molar-refractivity contribution in [3.05, 3.63) is 60.0 Å². The van der Waals surface area contributed by atoms with Gasteiger partial charge >= 0.3 is 0 Å². The number of hydrogen-bond acceptors (Lipinski definition) is 4. The van der Waals surface area contributed by atoms with Crippen LogP contribution in [0.15, 0.2) is 48.8 Å². The molecule has 2 aliphatic rings. The number of carbonyl (C=O) groups is 1. The van der Waals surface area contributed by atoms with Crippen LogP contribution < -0.4 is 0 Å². The monoisotopic (exact) mass is 375 g/mol. The van der Waals surface area contributed by atoms with E-state index in [4.69, 9.17) is 0 Å². The average Bonchev–Trinajstić information content (AvgIpc) is 3.43. The molecule has 2 fully saturated rings. The van der Waals surface area contributed by atoms with E-state index >= 15 is 0 Å². The molecule has 5 rings (SSSR count). The number of pyridine rings is 1. The summed E-state index contributed by atoms with van der Waals surface area (Å²) in [4.78, 5) is 21.6. The highest BCUT2D eigenvalue weighted by molar-refractivity contribution is 6.05. The maximum absolute atomic E-state index is 13.0. The van der Waals surface area contributed by atoms with Gasteiger partial charge in [-0.1, -0.05) is 18.2 Å². The Labute approximate surface area is 164 Å². The molecule has 1 saturated heterocycles. The van der Waals surface area contributed by atoms with Crippen LogP contribution in [0.5, 0.6) is 0 Å². The first-order valence-electron chi connectivity index (χ1n) is 10.0. The van der Waals surface area contributed by atoms with E-state index in [0.29, 0.717) is 11.7 Å². The van der Waals surface area contributed by atoms with Crippen molar-refractivity contribution >= 4 is 16.8 Å². The normalized spacial score (nSPS) is 17.3. The summed E-state index contributed by atoms with van der Waals surface area (Å²) in [5.41, 5.74) is 2.85. The molecule has 0 spiro atoms. The van der Waals surface area contributed by atoms with E-state index in [-0.39, 0.29) is 5.91 Å². The molecular weight excluding hydrogens is 350 g/mol. The number of likely N-dealkylation sites (tertiary alicyclic amines) is 1. The first-order valence-corrected chi connectivity index (χ1v) is 10.0. The number of benzene rings is 1. The van der Waals surface area contributed by atoms with Gasteiger partial charge in [-0.25, -0.2) is 0 Å². The number of para-hydroxylation sites is 1. The van der Waals surface area contributed by atoms with Crippen molar-refractivity contribution in [2.24, 2.45) is 13.0 Å². The predicted molar refractivity (Wildman–Crippen MR) is 108 cm³/mol. The number of fused-ring (bicyclic) bond motifs is 1. The lowest BCUT2D eigenvalue weighted by Crippen LogP contribution is -2.61. The second kappa shape index (κ2) is 7.02. The lowest BCUT2D eigenvalue weighted by Gasteiger charge is -2.45. The zero-order chi connectivity index (χ0) is 19.1. The van der Waals surface area contributed by atoms with E-state index in [1.54, 1.807) is 4.68 Å². The SMILES string of the molecule is Cn1nc(C(=O)N2CC(N(Cc3ccncc3)CC3CC3)C2)c2ccccc21. The van der Waals surface area contributed by atoms with Gasteiger partial charge in [-0.15, -0.1) is 0 Å². The van der Waals surface area contributed by atoms with Crippen LogP contribution in [0.3, 0.4) is 0 Å². The minimum absolute atomic E-state index is 0.0448. The Balaban J connectivity index is 1.28. The molecule has 3 heterocycles. The number of aromatic nitrogens is 3. The van der Waals surface area contributed by atoms with E-state index in [1.165, 1.54) is 18.4 Å². The fourth-order valence-electron chi connectivity index (χ4n) is 4.07. The Morgan fingerprint density at radius 3 is 2.64 bits per heavy atom. The zero-order valence-electron chi connectivity index (χ0n) is 16.2. The van der Waals surface area contributed by atoms with Gasteiger partial charge in [0.2, 0.25) is 0 Å². The van der Waals surface area contributed by atoms with E-state index in [0.717, 1.165) is 43.0 Å². The quantitative estimate of drug-likeness (QED) is 0.665. The van der Waals surface area contributed by atoms with Gasteiger partial charge in [-0.05, 0) is 42.5 Å². The Kier molecular flexibility index (Phi) is 4.36. The number of hydrogen-bond donors (Lipinski definition) is 0. The van der Waals surface area contributed by atoms with Crippen LogP contribution in [0, 0.1) is 5.92 Å². The number of aryl methyl sites for hydroxylation is 1. The minimum Gasteiger partial charge on any atom is -0.334 e. The molecule has 144 valence electrons. The van der Waals surface area contributed by atoms with Crippen molar-refractivity contribution in [2.45, 2.75) is 25.4 Å². The Morgan fingerprint density at radius 2 is 1.89 bits per heavy atom. The van der Waals surface area contributed by atoms with Crippen molar-refractivity contribution in [2.75, 3.05) is 19.6 Å². The summed E-state index contributed by atoms with van der Waals surface area (Å²) >= 11 is 0. The average molecular weight is 375 g/mol. The van der Waals surface area contributed by atoms with Crippen LogP contribution in [0.2, 0.25) is 0 Å². The van der Waals surface area contributed by atoms with Crippen LogP contribution in [0.1, 0.15) is 28.9 Å². The Morgan fingerprint density at radius 1 is 1.14 bits per heavy atom. The summed E-state index contributed by atoms with van der Waals surface area (Å²) in [5, 5.41) is 5.43. The summed E-state index contributed by atoms with van der Waals surface area (Å²) < 4.78 is 1.79. The minimum atomic E-state index is 0.0448. The van der Waals surface area contributed by atoms with E-state index < -0.39 is 0 Å². The molecule has 0 bridgehead atoms. The van der Waals surface area contributed by atoms with Gasteiger partial charge in [0.25, 0.3) is 5.91 Å². The third-order valence-corrected chi connectivity index (χ3v) is 5.95. The molecule has 1 aromatic carbocycles. The number of carbonyl (C=O) groups excluding carboxylic acids is 1. The molecule has 1 amide bonds. The first kappa shape index (κ1) is 17.4. The second-order valence-electron chi connectivity index (χ2n) is 8.08. The van der Waals surface area contributed by atoms with Gasteiger partial charge in [0.15, 0.2) is 5.69 Å². The Hall–Kier alpha value is -2.73. The van der Waals surface area contributed by atoms with Crippen molar-refractivity contribution < 1.29 is 4.79 Å². The van der Waals surface area contributed by atoms with Gasteiger partial charge in [0.1, 0.15) is 0 Å². The smallest absolute Gasteiger partial charge is 0.275 e. The first-order chi connectivity index (χ1) is 13.7. The summed E-state index contributed by atoms with van der Waals surface area (Å²) in [6.07, 6.45) is 6.38. The second-order valence-corrected chi connectivity index (χ2v) is 8.08. The lowest BCUT2D eigenvalue weighted by atomic mass is 10.0. The molecule has 0 atom stereocenters. The Bertz CT molecular complexity index is 989. The predicted octanol–water partition coefficient (Wildman–Crippen LogP) is 2.70. The molecule has 1 aliphatic carbocycles. The maximum atomic E-state index is 13.0. The third-order valence-electron chi connectivity index (χ3n) is 5.95. The van der Waals surface area contributed by atoms with Crippen molar-refractivity contribution in [3.8, 4) is 0 Å². The van der Waals surface area contributed by atoms with E-state index in [1.807, 2.05) is 48.6 Å². The molecule has 28 heavy (non-hydrogen) atoms. The lowest BCUT2D eigenvalue weighted by molar-refractivity contribution is 0.0216. The van der Waals surface area contributed by atoms with Gasteiger partial charge in [0.05, 0.1) is 5.52 Å². The van der Waals surface area contributed by atoms with Crippen LogP contribution in [-0.2, 0) is 13.6 Å². The van der Waals surface area contributed by atoms with Crippen LogP contribution in [0.25, 0.3) is 10.9 Å². The zero-order valence-corrected chi connectivity index (χ0v) is 16.2. The molecule has 1 aliphatic heterocycles. The number of rotatable bonds is 6. The number of amides is 1. The number of nitrogens with zero attached hydrogens (tertiary/aromatic N) is 5. The fraction of sp³-hybridized carbons (Fsp3) is 0.409. The maximum Gasteiger partial charge on any atom is 0.275 e. The molecule has 1 saturated carbocycles. The molecule has 2 aromatic heterocycles. The molecule has 0 radical (unpaired) electrons. The van der Waals surface area contributed by atoms with Gasteiger partial charge < -0.3 is 4.90 Å². The van der Waals surface area contributed by atoms with Gasteiger partial charge in [-0.2, -0.15) is 5.10 Å². The van der Waals surface area contributed by atoms with Crippen molar-refractivity contribution in [3.63, 3.8) is 0 Å². The highest BCUT2D eigenvalue weighted by atomic mass is 16.2. The largest absolute Gasteiger partial charge is 0.334 e. The molecule has 0 N–H and O–H groups in total. The topological polar surface area (TPSA) is 54.3 Å². The van der Waals surface area contributed by atoms with Crippen LogP contribution in [0.4, 0.5) is 0 Å². The third kappa shape index (κ3) is 3.29. The van der Waals surface area contributed by atoms with E-state index in [2.05, 4.69) is 27.1 Å². The molecular formula is C22H25N5O. The standard InChI is InChI=1S/C22H25N5O/c1-25-20-5-3-2-4-19(20)21(24-25)22(28)27-14-18(15-27)26(12-16-6-7-16)13-17-8-10-23-11-9-17/h2-5,8-11,16,18H,6-7,12-15H2,1H3. The van der Waals surface area contributed by atoms with Gasteiger partial charge in [0, 0.05) is 57.0 Å². The molecule has 0 unspecified atom stereocenters. The highest BCUT2D eigenvalue weighted by Crippen LogP contribution is 2.32. The highest BCUT2D eigenvalue weighted by Gasteiger charge is 2.38. The fourth-order valence-corrected chi connectivity index (χ4v) is 4.07. The summed E-state index contributed by atoms with van der Waals surface area (Å²) in [6, 6.07) is 12.5.